The molecule has 0 unspecified atom stereocenters. The Morgan fingerprint density at radius 1 is 1.06 bits per heavy atom. The monoisotopic (exact) mass is 260 g/mol. The lowest BCUT2D eigenvalue weighted by Gasteiger charge is -2.19. The van der Waals surface area contributed by atoms with Crippen molar-refractivity contribution in [3.05, 3.63) is 42.0 Å². The number of aromatic carboxylic acids is 1. The van der Waals surface area contributed by atoms with Crippen LogP contribution in [0.5, 0.6) is 0 Å². The second-order valence-electron chi connectivity index (χ2n) is 5.18. The molecule has 0 bridgehead atoms. The fraction of sp³-hybridized carbons (Fsp3) is 0.267. The van der Waals surface area contributed by atoms with Crippen LogP contribution in [0.3, 0.4) is 0 Å². The van der Waals surface area contributed by atoms with Crippen molar-refractivity contribution < 1.29 is 9.90 Å². The third-order valence-electron chi connectivity index (χ3n) is 2.53. The molecule has 0 amide bonds. The molecule has 0 aromatic heterocycles. The van der Waals surface area contributed by atoms with Gasteiger partial charge in [0.25, 0.3) is 0 Å². The van der Waals surface area contributed by atoms with Gasteiger partial charge in [-0.25, -0.2) is 4.79 Å². The third-order valence-corrected chi connectivity index (χ3v) is 3.72. The van der Waals surface area contributed by atoms with Gasteiger partial charge >= 0.3 is 5.97 Å². The highest BCUT2D eigenvalue weighted by atomic mass is 32.2. The number of rotatable bonds is 2. The molecule has 0 saturated heterocycles. The normalized spacial score (nSPS) is 11.7. The van der Waals surface area contributed by atoms with Crippen LogP contribution < -0.4 is 0 Å². The topological polar surface area (TPSA) is 37.3 Å². The first-order valence-electron chi connectivity index (χ1n) is 5.82. The smallest absolute Gasteiger partial charge is 0.336 e. The maximum Gasteiger partial charge on any atom is 0.336 e. The zero-order valence-electron chi connectivity index (χ0n) is 10.7. The van der Waals surface area contributed by atoms with Crippen molar-refractivity contribution in [2.24, 2.45) is 0 Å². The van der Waals surface area contributed by atoms with E-state index in [0.717, 1.165) is 15.7 Å². The van der Waals surface area contributed by atoms with Crippen molar-refractivity contribution in [3.8, 4) is 0 Å². The molecule has 1 N–H and O–H groups in total. The van der Waals surface area contributed by atoms with E-state index in [2.05, 4.69) is 20.8 Å². The van der Waals surface area contributed by atoms with E-state index in [1.54, 1.807) is 17.8 Å². The van der Waals surface area contributed by atoms with Crippen LogP contribution in [0, 0.1) is 0 Å². The Hall–Kier alpha value is -1.48. The van der Waals surface area contributed by atoms with Gasteiger partial charge in [-0.05, 0) is 22.9 Å². The molecule has 0 radical (unpaired) electrons. The molecular formula is C15H16O2S. The summed E-state index contributed by atoms with van der Waals surface area (Å²) in [5.74, 6) is -0.876. The summed E-state index contributed by atoms with van der Waals surface area (Å²) < 4.78 is 0.105. The highest BCUT2D eigenvalue weighted by Gasteiger charge is 2.16. The van der Waals surface area contributed by atoms with Crippen LogP contribution in [0.15, 0.2) is 41.3 Å². The molecule has 0 heterocycles. The number of fused-ring (bicyclic) bond motifs is 1. The largest absolute Gasteiger partial charge is 0.478 e. The van der Waals surface area contributed by atoms with Crippen molar-refractivity contribution in [2.75, 3.05) is 0 Å². The van der Waals surface area contributed by atoms with Crippen molar-refractivity contribution in [1.82, 2.24) is 0 Å². The molecule has 94 valence electrons. The summed E-state index contributed by atoms with van der Waals surface area (Å²) in [7, 11) is 0. The summed E-state index contributed by atoms with van der Waals surface area (Å²) in [4.78, 5) is 12.3. The molecular weight excluding hydrogens is 244 g/mol. The van der Waals surface area contributed by atoms with Crippen LogP contribution in [0.25, 0.3) is 10.8 Å². The van der Waals surface area contributed by atoms with Crippen LogP contribution >= 0.6 is 11.8 Å². The minimum Gasteiger partial charge on any atom is -0.478 e. The Bertz CT molecular complexity index is 597. The average molecular weight is 260 g/mol. The minimum atomic E-state index is -0.876. The van der Waals surface area contributed by atoms with Crippen LogP contribution in [0.4, 0.5) is 0 Å². The van der Waals surface area contributed by atoms with E-state index in [4.69, 9.17) is 0 Å². The summed E-state index contributed by atoms with van der Waals surface area (Å²) in [5, 5.41) is 11.0. The van der Waals surface area contributed by atoms with Gasteiger partial charge in [0.05, 0.1) is 5.56 Å². The molecule has 3 heteroatoms. The van der Waals surface area contributed by atoms with Gasteiger partial charge in [-0.1, -0.05) is 45.0 Å². The molecule has 2 rings (SSSR count). The Morgan fingerprint density at radius 3 is 2.22 bits per heavy atom. The number of hydrogen-bond donors (Lipinski definition) is 1. The van der Waals surface area contributed by atoms with Gasteiger partial charge in [0, 0.05) is 9.64 Å². The fourth-order valence-corrected chi connectivity index (χ4v) is 2.96. The Balaban J connectivity index is 2.65. The number of benzene rings is 2. The highest BCUT2D eigenvalue weighted by Crippen LogP contribution is 2.37. The van der Waals surface area contributed by atoms with E-state index in [9.17, 15) is 9.90 Å². The van der Waals surface area contributed by atoms with E-state index in [1.807, 2.05) is 30.3 Å². The quantitative estimate of drug-likeness (QED) is 0.812. The van der Waals surface area contributed by atoms with Gasteiger partial charge in [-0.3, -0.25) is 0 Å². The number of hydrogen-bond acceptors (Lipinski definition) is 2. The zero-order valence-corrected chi connectivity index (χ0v) is 11.5. The van der Waals surface area contributed by atoms with E-state index < -0.39 is 5.97 Å². The first-order valence-corrected chi connectivity index (χ1v) is 6.64. The van der Waals surface area contributed by atoms with Gasteiger partial charge in [0.2, 0.25) is 0 Å². The third kappa shape index (κ3) is 2.67. The van der Waals surface area contributed by atoms with Gasteiger partial charge in [-0.15, -0.1) is 11.8 Å². The van der Waals surface area contributed by atoms with Gasteiger partial charge < -0.3 is 5.11 Å². The standard InChI is InChI=1S/C15H16O2S/c1-15(2,3)18-13-9-8-12(14(16)17)10-6-4-5-7-11(10)13/h4-9H,1-3H3,(H,16,17). The Kier molecular flexibility index (Phi) is 3.35. The summed E-state index contributed by atoms with van der Waals surface area (Å²) in [5.41, 5.74) is 0.365. The molecule has 0 spiro atoms. The van der Waals surface area contributed by atoms with Crippen LogP contribution in [0.1, 0.15) is 31.1 Å². The van der Waals surface area contributed by atoms with Crippen molar-refractivity contribution in [1.29, 1.82) is 0 Å². The second kappa shape index (κ2) is 4.65. The number of carbonyl (C=O) groups is 1. The molecule has 0 aliphatic heterocycles. The lowest BCUT2D eigenvalue weighted by Crippen LogP contribution is -2.07. The van der Waals surface area contributed by atoms with E-state index in [0.29, 0.717) is 5.56 Å². The molecule has 2 aromatic rings. The first kappa shape index (κ1) is 13.0. The van der Waals surface area contributed by atoms with Gasteiger partial charge in [0.15, 0.2) is 0 Å². The van der Waals surface area contributed by atoms with Crippen LogP contribution in [-0.4, -0.2) is 15.8 Å². The summed E-state index contributed by atoms with van der Waals surface area (Å²) in [6.07, 6.45) is 0. The van der Waals surface area contributed by atoms with Crippen LogP contribution in [0.2, 0.25) is 0 Å². The maximum atomic E-state index is 11.2. The predicted molar refractivity (Wildman–Crippen MR) is 76.5 cm³/mol. The average Bonchev–Trinajstić information content (AvgIpc) is 2.27. The SMILES string of the molecule is CC(C)(C)Sc1ccc(C(=O)O)c2ccccc12. The fourth-order valence-electron chi connectivity index (χ4n) is 1.88. The molecule has 0 fully saturated rings. The molecule has 0 saturated carbocycles. The van der Waals surface area contributed by atoms with Gasteiger partial charge in [-0.2, -0.15) is 0 Å². The Morgan fingerprint density at radius 2 is 1.67 bits per heavy atom. The zero-order chi connectivity index (χ0) is 13.3. The molecule has 0 aliphatic rings. The predicted octanol–water partition coefficient (Wildman–Crippen LogP) is 4.43. The molecule has 0 aliphatic carbocycles. The molecule has 18 heavy (non-hydrogen) atoms. The van der Waals surface area contributed by atoms with E-state index in [-0.39, 0.29) is 4.75 Å². The Labute approximate surface area is 111 Å². The molecule has 0 atom stereocenters. The lowest BCUT2D eigenvalue weighted by molar-refractivity contribution is 0.0699. The summed E-state index contributed by atoms with van der Waals surface area (Å²) in [6, 6.07) is 11.3. The van der Waals surface area contributed by atoms with Crippen molar-refractivity contribution >= 4 is 28.5 Å². The minimum absolute atomic E-state index is 0.105. The summed E-state index contributed by atoms with van der Waals surface area (Å²) in [6.45, 7) is 6.45. The van der Waals surface area contributed by atoms with Gasteiger partial charge in [0.1, 0.15) is 0 Å². The molecule has 2 aromatic carbocycles. The number of thioether (sulfide) groups is 1. The second-order valence-corrected chi connectivity index (χ2v) is 7.05. The first-order chi connectivity index (χ1) is 8.38. The van der Waals surface area contributed by atoms with Crippen molar-refractivity contribution in [2.45, 2.75) is 30.4 Å². The lowest BCUT2D eigenvalue weighted by atomic mass is 10.0. The summed E-state index contributed by atoms with van der Waals surface area (Å²) >= 11 is 1.76. The van der Waals surface area contributed by atoms with E-state index >= 15 is 0 Å². The van der Waals surface area contributed by atoms with E-state index in [1.165, 1.54) is 0 Å². The maximum absolute atomic E-state index is 11.2. The number of carboxylic acid groups (broad SMARTS) is 1. The van der Waals surface area contributed by atoms with Crippen LogP contribution in [-0.2, 0) is 0 Å². The number of carboxylic acids is 1. The van der Waals surface area contributed by atoms with Crippen molar-refractivity contribution in [3.63, 3.8) is 0 Å². The molecule has 2 nitrogen and oxygen atoms in total. The highest BCUT2D eigenvalue weighted by molar-refractivity contribution is 8.00.